The van der Waals surface area contributed by atoms with Gasteiger partial charge in [0.15, 0.2) is 0 Å². The summed E-state index contributed by atoms with van der Waals surface area (Å²) in [5.41, 5.74) is 2.14. The first-order chi connectivity index (χ1) is 8.74. The summed E-state index contributed by atoms with van der Waals surface area (Å²) in [6.45, 7) is 5.15. The van der Waals surface area contributed by atoms with Gasteiger partial charge in [0.25, 0.3) is 0 Å². The topological polar surface area (TPSA) is 23.5 Å². The summed E-state index contributed by atoms with van der Waals surface area (Å²) < 4.78 is 0. The predicted molar refractivity (Wildman–Crippen MR) is 76.0 cm³/mol. The Morgan fingerprint density at radius 1 is 1.00 bits per heavy atom. The molecular formula is C16H19NO. The quantitative estimate of drug-likeness (QED) is 0.875. The maximum absolute atomic E-state index is 9.95. The van der Waals surface area contributed by atoms with Gasteiger partial charge in [0.1, 0.15) is 5.75 Å². The lowest BCUT2D eigenvalue weighted by molar-refractivity contribution is 0.461. The van der Waals surface area contributed by atoms with Crippen LogP contribution in [0.1, 0.15) is 25.5 Å². The Hall–Kier alpha value is -1.96. The van der Waals surface area contributed by atoms with E-state index in [-0.39, 0.29) is 6.04 Å². The van der Waals surface area contributed by atoms with Gasteiger partial charge in [-0.3, -0.25) is 0 Å². The van der Waals surface area contributed by atoms with Crippen LogP contribution in [0, 0.1) is 0 Å². The second-order valence-electron chi connectivity index (χ2n) is 4.36. The van der Waals surface area contributed by atoms with Crippen molar-refractivity contribution in [1.82, 2.24) is 0 Å². The van der Waals surface area contributed by atoms with Crippen LogP contribution in [-0.4, -0.2) is 11.7 Å². The molecule has 0 saturated carbocycles. The van der Waals surface area contributed by atoms with E-state index in [9.17, 15) is 5.11 Å². The fraction of sp³-hybridized carbons (Fsp3) is 0.250. The number of nitrogens with zero attached hydrogens (tertiary/aromatic N) is 1. The lowest BCUT2D eigenvalue weighted by Gasteiger charge is -2.30. The molecule has 0 aliphatic heterocycles. The van der Waals surface area contributed by atoms with Crippen molar-refractivity contribution in [3.05, 3.63) is 60.2 Å². The summed E-state index contributed by atoms with van der Waals surface area (Å²) in [5.74, 6) is 0.361. The number of aromatic hydroxyl groups is 1. The lowest BCUT2D eigenvalue weighted by Crippen LogP contribution is -2.26. The van der Waals surface area contributed by atoms with Gasteiger partial charge < -0.3 is 10.0 Å². The fourth-order valence-electron chi connectivity index (χ4n) is 2.31. The molecule has 0 heterocycles. The molecule has 2 nitrogen and oxygen atoms in total. The monoisotopic (exact) mass is 241 g/mol. The summed E-state index contributed by atoms with van der Waals surface area (Å²) >= 11 is 0. The SMILES string of the molecule is CCN(c1ccccc1)C(C)c1ccccc1O. The Morgan fingerprint density at radius 3 is 2.22 bits per heavy atom. The van der Waals surface area contributed by atoms with E-state index in [1.807, 2.05) is 36.4 Å². The molecule has 1 N–H and O–H groups in total. The van der Waals surface area contributed by atoms with Crippen molar-refractivity contribution >= 4 is 5.69 Å². The van der Waals surface area contributed by atoms with Gasteiger partial charge in [-0.1, -0.05) is 36.4 Å². The summed E-state index contributed by atoms with van der Waals surface area (Å²) in [6, 6.07) is 18.0. The van der Waals surface area contributed by atoms with E-state index in [4.69, 9.17) is 0 Å². The standard InChI is InChI=1S/C16H19NO/c1-3-17(14-9-5-4-6-10-14)13(2)15-11-7-8-12-16(15)18/h4-13,18H,3H2,1-2H3. The average Bonchev–Trinajstić information content (AvgIpc) is 2.41. The number of rotatable bonds is 4. The molecular weight excluding hydrogens is 222 g/mol. The molecule has 1 atom stereocenters. The summed E-state index contributed by atoms with van der Waals surface area (Å²) in [7, 11) is 0. The first-order valence-electron chi connectivity index (χ1n) is 6.33. The van der Waals surface area contributed by atoms with Crippen LogP contribution in [0.5, 0.6) is 5.75 Å². The summed E-state index contributed by atoms with van der Waals surface area (Å²) in [4.78, 5) is 2.27. The number of benzene rings is 2. The smallest absolute Gasteiger partial charge is 0.120 e. The first kappa shape index (κ1) is 12.5. The van der Waals surface area contributed by atoms with Crippen molar-refractivity contribution in [1.29, 1.82) is 0 Å². The summed E-state index contributed by atoms with van der Waals surface area (Å²) in [6.07, 6.45) is 0. The molecule has 0 aliphatic carbocycles. The van der Waals surface area contributed by atoms with Crippen LogP contribution in [0.2, 0.25) is 0 Å². The van der Waals surface area contributed by atoms with Crippen molar-refractivity contribution in [3.63, 3.8) is 0 Å². The molecule has 2 rings (SSSR count). The molecule has 2 heteroatoms. The molecule has 94 valence electrons. The Morgan fingerprint density at radius 2 is 1.61 bits per heavy atom. The molecule has 2 aromatic carbocycles. The zero-order valence-electron chi connectivity index (χ0n) is 10.9. The number of phenols is 1. The van der Waals surface area contributed by atoms with Crippen molar-refractivity contribution < 1.29 is 5.11 Å². The van der Waals surface area contributed by atoms with Crippen molar-refractivity contribution in [2.24, 2.45) is 0 Å². The van der Waals surface area contributed by atoms with Gasteiger partial charge in [0, 0.05) is 17.8 Å². The van der Waals surface area contributed by atoms with Crippen molar-refractivity contribution in [2.75, 3.05) is 11.4 Å². The van der Waals surface area contributed by atoms with E-state index in [1.54, 1.807) is 6.07 Å². The number of hydrogen-bond donors (Lipinski definition) is 1. The molecule has 0 fully saturated rings. The van der Waals surface area contributed by atoms with Gasteiger partial charge in [0.2, 0.25) is 0 Å². The molecule has 2 aromatic rings. The molecule has 0 radical (unpaired) electrons. The zero-order valence-corrected chi connectivity index (χ0v) is 10.9. The normalized spacial score (nSPS) is 12.1. The number of para-hydroxylation sites is 2. The van der Waals surface area contributed by atoms with E-state index < -0.39 is 0 Å². The average molecular weight is 241 g/mol. The number of phenolic OH excluding ortho intramolecular Hbond substituents is 1. The highest BCUT2D eigenvalue weighted by molar-refractivity contribution is 5.50. The predicted octanol–water partition coefficient (Wildman–Crippen LogP) is 3.98. The summed E-state index contributed by atoms with van der Waals surface area (Å²) in [5, 5.41) is 9.95. The Bertz CT molecular complexity index is 495. The minimum atomic E-state index is 0.151. The third-order valence-corrected chi connectivity index (χ3v) is 3.28. The lowest BCUT2D eigenvalue weighted by atomic mass is 10.0. The minimum absolute atomic E-state index is 0.151. The van der Waals surface area contributed by atoms with Gasteiger partial charge in [-0.05, 0) is 32.0 Å². The third-order valence-electron chi connectivity index (χ3n) is 3.28. The Labute approximate surface area is 109 Å². The Balaban J connectivity index is 2.32. The van der Waals surface area contributed by atoms with Crippen LogP contribution in [0.3, 0.4) is 0 Å². The molecule has 0 aromatic heterocycles. The molecule has 0 saturated heterocycles. The maximum atomic E-state index is 9.95. The number of anilines is 1. The van der Waals surface area contributed by atoms with Crippen LogP contribution in [-0.2, 0) is 0 Å². The van der Waals surface area contributed by atoms with Crippen molar-refractivity contribution in [3.8, 4) is 5.75 Å². The van der Waals surface area contributed by atoms with Gasteiger partial charge in [-0.25, -0.2) is 0 Å². The van der Waals surface area contributed by atoms with E-state index in [1.165, 1.54) is 5.69 Å². The minimum Gasteiger partial charge on any atom is -0.508 e. The largest absolute Gasteiger partial charge is 0.508 e. The highest BCUT2D eigenvalue weighted by Gasteiger charge is 2.17. The van der Waals surface area contributed by atoms with Gasteiger partial charge in [-0.2, -0.15) is 0 Å². The second kappa shape index (κ2) is 5.58. The zero-order chi connectivity index (χ0) is 13.0. The molecule has 0 aliphatic rings. The van der Waals surface area contributed by atoms with Crippen LogP contribution in [0.25, 0.3) is 0 Å². The maximum Gasteiger partial charge on any atom is 0.120 e. The van der Waals surface area contributed by atoms with Gasteiger partial charge in [0.05, 0.1) is 6.04 Å². The molecule has 0 amide bonds. The van der Waals surface area contributed by atoms with E-state index in [2.05, 4.69) is 30.9 Å². The fourth-order valence-corrected chi connectivity index (χ4v) is 2.31. The third kappa shape index (κ3) is 2.48. The van der Waals surface area contributed by atoms with E-state index in [0.29, 0.717) is 5.75 Å². The molecule has 0 spiro atoms. The van der Waals surface area contributed by atoms with Gasteiger partial charge in [-0.15, -0.1) is 0 Å². The van der Waals surface area contributed by atoms with Crippen LogP contribution >= 0.6 is 0 Å². The molecule has 0 bridgehead atoms. The Kier molecular flexibility index (Phi) is 3.88. The first-order valence-corrected chi connectivity index (χ1v) is 6.33. The molecule has 1 unspecified atom stereocenters. The van der Waals surface area contributed by atoms with E-state index in [0.717, 1.165) is 12.1 Å². The highest BCUT2D eigenvalue weighted by Crippen LogP contribution is 2.31. The van der Waals surface area contributed by atoms with Crippen molar-refractivity contribution in [2.45, 2.75) is 19.9 Å². The number of hydrogen-bond acceptors (Lipinski definition) is 2. The van der Waals surface area contributed by atoms with Crippen LogP contribution in [0.4, 0.5) is 5.69 Å². The van der Waals surface area contributed by atoms with Gasteiger partial charge >= 0.3 is 0 Å². The molecule has 18 heavy (non-hydrogen) atoms. The second-order valence-corrected chi connectivity index (χ2v) is 4.36. The van der Waals surface area contributed by atoms with Crippen LogP contribution in [0.15, 0.2) is 54.6 Å². The van der Waals surface area contributed by atoms with E-state index >= 15 is 0 Å². The van der Waals surface area contributed by atoms with Crippen LogP contribution < -0.4 is 4.90 Å². The highest BCUT2D eigenvalue weighted by atomic mass is 16.3.